The average molecular weight is 629 g/mol. The number of hydrogen-bond acceptors (Lipinski definition) is 5. The fourth-order valence-electron chi connectivity index (χ4n) is 4.85. The Morgan fingerprint density at radius 1 is 0.875 bits per heavy atom. The summed E-state index contributed by atoms with van der Waals surface area (Å²) in [6.07, 6.45) is 3.87. The van der Waals surface area contributed by atoms with Crippen molar-refractivity contribution in [1.82, 2.24) is 14.9 Å². The fraction of sp³-hybridized carbons (Fsp3) is 0.0667. The summed E-state index contributed by atoms with van der Waals surface area (Å²) in [5.74, 6) is 0. The first-order valence-corrected chi connectivity index (χ1v) is 14.5. The molecule has 1 aliphatic heterocycles. The van der Waals surface area contributed by atoms with Crippen molar-refractivity contribution in [2.45, 2.75) is 21.9 Å². The number of benzene rings is 3. The number of non-ortho nitro benzene ring substituents is 1. The summed E-state index contributed by atoms with van der Waals surface area (Å²) in [6, 6.07) is 32.8. The highest BCUT2D eigenvalue weighted by molar-refractivity contribution is 9.10. The van der Waals surface area contributed by atoms with Crippen LogP contribution in [0, 0.1) is 10.1 Å². The maximum Gasteiger partial charge on any atom is 0.269 e. The highest BCUT2D eigenvalue weighted by Gasteiger charge is 2.42. The third-order valence-electron chi connectivity index (χ3n) is 6.68. The van der Waals surface area contributed by atoms with Crippen molar-refractivity contribution in [2.75, 3.05) is 4.90 Å². The first-order chi connectivity index (χ1) is 19.5. The van der Waals surface area contributed by atoms with Crippen LogP contribution in [0.5, 0.6) is 0 Å². The number of thiocarbonyl (C=S) groups is 1. The van der Waals surface area contributed by atoms with E-state index in [-0.39, 0.29) is 17.8 Å². The van der Waals surface area contributed by atoms with Gasteiger partial charge in [-0.25, -0.2) is 0 Å². The third kappa shape index (κ3) is 5.25. The summed E-state index contributed by atoms with van der Waals surface area (Å²) in [4.78, 5) is 19.3. The van der Waals surface area contributed by atoms with Gasteiger partial charge in [-0.15, -0.1) is 0 Å². The minimum atomic E-state index is -0.391. The first kappa shape index (κ1) is 26.2. The number of nitro groups is 1. The van der Waals surface area contributed by atoms with Crippen molar-refractivity contribution in [3.8, 4) is 5.69 Å². The smallest absolute Gasteiger partial charge is 0.269 e. The number of nitrogens with one attached hydrogen (secondary N) is 1. The molecule has 0 aliphatic carbocycles. The summed E-state index contributed by atoms with van der Waals surface area (Å²) in [5, 5.41) is 15.1. The molecule has 5 aromatic rings. The fourth-order valence-corrected chi connectivity index (χ4v) is 6.28. The molecule has 6 rings (SSSR count). The van der Waals surface area contributed by atoms with E-state index in [1.54, 1.807) is 30.1 Å². The Balaban J connectivity index is 1.35. The lowest BCUT2D eigenvalue weighted by atomic mass is 10.0. The molecule has 7 nitrogen and oxygen atoms in total. The number of pyridine rings is 1. The predicted molar refractivity (Wildman–Crippen MR) is 165 cm³/mol. The van der Waals surface area contributed by atoms with Crippen LogP contribution < -0.4 is 10.2 Å². The number of rotatable bonds is 7. The molecule has 3 heterocycles. The van der Waals surface area contributed by atoms with Crippen molar-refractivity contribution >= 4 is 56.4 Å². The number of nitrogens with zero attached hydrogens (tertiary/aromatic N) is 4. The molecular weight excluding hydrogens is 606 g/mol. The molecule has 10 heteroatoms. The molecule has 0 unspecified atom stereocenters. The van der Waals surface area contributed by atoms with E-state index in [0.29, 0.717) is 5.11 Å². The van der Waals surface area contributed by atoms with Crippen LogP contribution in [0.25, 0.3) is 5.69 Å². The highest BCUT2D eigenvalue weighted by atomic mass is 79.9. The van der Waals surface area contributed by atoms with Crippen molar-refractivity contribution < 1.29 is 4.92 Å². The lowest BCUT2D eigenvalue weighted by molar-refractivity contribution is -0.384. The quantitative estimate of drug-likeness (QED) is 0.112. The van der Waals surface area contributed by atoms with Gasteiger partial charge in [-0.2, -0.15) is 0 Å². The minimum Gasteiger partial charge on any atom is -0.351 e. The van der Waals surface area contributed by atoms with Crippen LogP contribution in [0.4, 0.5) is 11.4 Å². The molecule has 3 aromatic carbocycles. The summed E-state index contributed by atoms with van der Waals surface area (Å²) in [6.45, 7) is 0. The van der Waals surface area contributed by atoms with Crippen LogP contribution in [0.15, 0.2) is 130 Å². The molecule has 40 heavy (non-hydrogen) atoms. The zero-order chi connectivity index (χ0) is 27.6. The van der Waals surface area contributed by atoms with Gasteiger partial charge in [0, 0.05) is 55.9 Å². The lowest BCUT2D eigenvalue weighted by Gasteiger charge is -2.29. The Morgan fingerprint density at radius 3 is 2.20 bits per heavy atom. The van der Waals surface area contributed by atoms with E-state index in [0.717, 1.165) is 37.0 Å². The molecule has 1 saturated heterocycles. The van der Waals surface area contributed by atoms with Gasteiger partial charge in [0.2, 0.25) is 0 Å². The number of halogens is 1. The normalized spacial score (nSPS) is 16.6. The highest BCUT2D eigenvalue weighted by Crippen LogP contribution is 2.43. The van der Waals surface area contributed by atoms with Crippen LogP contribution in [0.3, 0.4) is 0 Å². The molecular formula is C30H22BrN5O2S2. The van der Waals surface area contributed by atoms with E-state index >= 15 is 0 Å². The number of aromatic nitrogens is 2. The zero-order valence-corrected chi connectivity index (χ0v) is 24.1. The Bertz CT molecular complexity index is 1660. The molecule has 0 amide bonds. The third-order valence-corrected chi connectivity index (χ3v) is 8.54. The van der Waals surface area contributed by atoms with Crippen LogP contribution >= 0.6 is 39.9 Å². The van der Waals surface area contributed by atoms with E-state index in [1.165, 1.54) is 12.1 Å². The van der Waals surface area contributed by atoms with Crippen molar-refractivity contribution in [3.05, 3.63) is 141 Å². The summed E-state index contributed by atoms with van der Waals surface area (Å²) in [7, 11) is 0. The Morgan fingerprint density at radius 2 is 1.55 bits per heavy atom. The molecule has 0 spiro atoms. The number of nitro benzene ring substituents is 1. The van der Waals surface area contributed by atoms with Crippen LogP contribution in [-0.2, 0) is 0 Å². The van der Waals surface area contributed by atoms with Gasteiger partial charge in [-0.05, 0) is 97.1 Å². The molecule has 2 atom stereocenters. The Kier molecular flexibility index (Phi) is 7.38. The van der Waals surface area contributed by atoms with E-state index in [2.05, 4.69) is 78.3 Å². The maximum atomic E-state index is 11.0. The molecule has 1 aliphatic rings. The van der Waals surface area contributed by atoms with Gasteiger partial charge in [-0.1, -0.05) is 33.8 Å². The monoisotopic (exact) mass is 627 g/mol. The van der Waals surface area contributed by atoms with Crippen LogP contribution in [-0.4, -0.2) is 19.6 Å². The number of hydrogen-bond donors (Lipinski definition) is 1. The number of anilines is 1. The molecule has 2 aromatic heterocycles. The van der Waals surface area contributed by atoms with Crippen LogP contribution in [0.2, 0.25) is 0 Å². The van der Waals surface area contributed by atoms with Gasteiger partial charge in [0.15, 0.2) is 5.11 Å². The predicted octanol–water partition coefficient (Wildman–Crippen LogP) is 7.87. The Hall–Kier alpha value is -3.99. The van der Waals surface area contributed by atoms with E-state index in [1.807, 2.05) is 42.5 Å². The van der Waals surface area contributed by atoms with E-state index < -0.39 is 4.92 Å². The van der Waals surface area contributed by atoms with Gasteiger partial charge in [0.05, 0.1) is 16.7 Å². The minimum absolute atomic E-state index is 0.0798. The van der Waals surface area contributed by atoms with Crippen molar-refractivity contribution in [2.24, 2.45) is 0 Å². The molecule has 0 bridgehead atoms. The van der Waals surface area contributed by atoms with Crippen LogP contribution in [0.1, 0.15) is 23.5 Å². The molecule has 198 valence electrons. The lowest BCUT2D eigenvalue weighted by Crippen LogP contribution is -2.30. The molecule has 0 saturated carbocycles. The second-order valence-corrected chi connectivity index (χ2v) is 11.6. The van der Waals surface area contributed by atoms with Gasteiger partial charge in [0.1, 0.15) is 6.04 Å². The molecule has 1 fully saturated rings. The molecule has 1 N–H and O–H groups in total. The van der Waals surface area contributed by atoms with Crippen molar-refractivity contribution in [1.29, 1.82) is 0 Å². The summed E-state index contributed by atoms with van der Waals surface area (Å²) in [5.41, 5.74) is 4.07. The second kappa shape index (κ2) is 11.2. The van der Waals surface area contributed by atoms with Gasteiger partial charge in [-0.3, -0.25) is 15.1 Å². The maximum absolute atomic E-state index is 11.0. The summed E-state index contributed by atoms with van der Waals surface area (Å²) >= 11 is 11.0. The van der Waals surface area contributed by atoms with E-state index in [4.69, 9.17) is 12.2 Å². The van der Waals surface area contributed by atoms with Gasteiger partial charge < -0.3 is 14.8 Å². The molecule has 0 radical (unpaired) electrons. The topological polar surface area (TPSA) is 76.2 Å². The van der Waals surface area contributed by atoms with Gasteiger partial charge in [0.25, 0.3) is 5.69 Å². The largest absolute Gasteiger partial charge is 0.351 e. The van der Waals surface area contributed by atoms with E-state index in [9.17, 15) is 10.1 Å². The SMILES string of the molecule is O=[N+]([O-])c1ccc(Sc2ccc(N3C(=S)N[C@H](c4ccccn4)[C@H]3c3cccn3-c3ccc(Br)cc3)cc2)cc1. The van der Waals surface area contributed by atoms with Crippen molar-refractivity contribution in [3.63, 3.8) is 0 Å². The summed E-state index contributed by atoms with van der Waals surface area (Å²) < 4.78 is 3.21. The van der Waals surface area contributed by atoms with Gasteiger partial charge >= 0.3 is 0 Å². The Labute approximate surface area is 249 Å². The second-order valence-electron chi connectivity index (χ2n) is 9.12. The average Bonchev–Trinajstić information content (AvgIpc) is 3.59. The zero-order valence-electron chi connectivity index (χ0n) is 20.9. The standard InChI is InChI=1S/C30H22BrN5O2S2/c31-20-6-8-21(9-7-20)34-19-3-5-27(34)29-28(26-4-1-2-18-32-26)33-30(39)35(29)22-10-14-24(15-11-22)40-25-16-12-23(13-17-25)36(37)38/h1-19,28-29H,(H,33,39)/t28-,29-/m1/s1. The first-order valence-electron chi connectivity index (χ1n) is 12.4.